The van der Waals surface area contributed by atoms with Gasteiger partial charge in [0.15, 0.2) is 5.11 Å². The van der Waals surface area contributed by atoms with E-state index in [1.165, 1.54) is 0 Å². The van der Waals surface area contributed by atoms with Crippen molar-refractivity contribution in [1.29, 1.82) is 0 Å². The number of aryl methyl sites for hydroxylation is 1. The van der Waals surface area contributed by atoms with Crippen molar-refractivity contribution >= 4 is 23.0 Å². The van der Waals surface area contributed by atoms with E-state index in [0.717, 1.165) is 22.5 Å². The third kappa shape index (κ3) is 3.17. The molecule has 0 spiro atoms. The van der Waals surface area contributed by atoms with Gasteiger partial charge in [0.25, 0.3) is 0 Å². The van der Waals surface area contributed by atoms with Crippen molar-refractivity contribution in [1.82, 2.24) is 10.2 Å². The molecule has 6 heteroatoms. The SMILES string of the molecule is COc1cc(NC(N)=S)ccc1-c1cnnc(C)c1. The second-order valence-corrected chi connectivity index (χ2v) is 4.43. The molecule has 1 aromatic heterocycles. The highest BCUT2D eigenvalue weighted by Gasteiger charge is 2.08. The van der Waals surface area contributed by atoms with Gasteiger partial charge in [-0.25, -0.2) is 0 Å². The van der Waals surface area contributed by atoms with E-state index >= 15 is 0 Å². The fourth-order valence-corrected chi connectivity index (χ4v) is 1.89. The normalized spacial score (nSPS) is 10.0. The van der Waals surface area contributed by atoms with Crippen molar-refractivity contribution < 1.29 is 4.74 Å². The van der Waals surface area contributed by atoms with Gasteiger partial charge in [0, 0.05) is 22.9 Å². The number of rotatable bonds is 3. The first-order valence-corrected chi connectivity index (χ1v) is 6.05. The van der Waals surface area contributed by atoms with Crippen LogP contribution in [0.5, 0.6) is 5.75 Å². The summed E-state index contributed by atoms with van der Waals surface area (Å²) in [5, 5.41) is 11.0. The number of nitrogens with one attached hydrogen (secondary N) is 1. The Hall–Kier alpha value is -2.21. The number of hydrogen-bond acceptors (Lipinski definition) is 4. The molecule has 0 saturated heterocycles. The van der Waals surface area contributed by atoms with Gasteiger partial charge in [-0.05, 0) is 37.3 Å². The maximum atomic E-state index is 5.45. The maximum Gasteiger partial charge on any atom is 0.168 e. The second kappa shape index (κ2) is 5.62. The van der Waals surface area contributed by atoms with Crippen LogP contribution in [0.2, 0.25) is 0 Å². The molecule has 1 heterocycles. The number of methoxy groups -OCH3 is 1. The van der Waals surface area contributed by atoms with Crippen molar-refractivity contribution in [2.75, 3.05) is 12.4 Å². The summed E-state index contributed by atoms with van der Waals surface area (Å²) >= 11 is 4.81. The lowest BCUT2D eigenvalue weighted by Crippen LogP contribution is -2.18. The van der Waals surface area contributed by atoms with Gasteiger partial charge >= 0.3 is 0 Å². The molecule has 0 aliphatic carbocycles. The zero-order valence-electron chi connectivity index (χ0n) is 10.7. The minimum absolute atomic E-state index is 0.219. The summed E-state index contributed by atoms with van der Waals surface area (Å²) in [7, 11) is 1.62. The maximum absolute atomic E-state index is 5.45. The molecule has 2 aromatic rings. The van der Waals surface area contributed by atoms with Gasteiger partial charge in [-0.15, -0.1) is 0 Å². The topological polar surface area (TPSA) is 73.1 Å². The van der Waals surface area contributed by atoms with Gasteiger partial charge in [-0.3, -0.25) is 0 Å². The Kier molecular flexibility index (Phi) is 3.91. The molecule has 98 valence electrons. The summed E-state index contributed by atoms with van der Waals surface area (Å²) in [5.74, 6) is 0.716. The van der Waals surface area contributed by atoms with Crippen LogP contribution in [0.3, 0.4) is 0 Å². The van der Waals surface area contributed by atoms with Crippen LogP contribution in [0.1, 0.15) is 5.69 Å². The molecule has 0 amide bonds. The number of benzene rings is 1. The lowest BCUT2D eigenvalue weighted by atomic mass is 10.1. The summed E-state index contributed by atoms with van der Waals surface area (Å²) < 4.78 is 5.39. The zero-order chi connectivity index (χ0) is 13.8. The Bertz CT molecular complexity index is 615. The standard InChI is InChI=1S/C13H14N4OS/c1-8-5-9(7-15-17-8)11-4-3-10(16-13(14)19)6-12(11)18-2/h3-7H,1-2H3,(H3,14,16,19). The molecule has 0 radical (unpaired) electrons. The number of ether oxygens (including phenoxy) is 1. The smallest absolute Gasteiger partial charge is 0.168 e. The van der Waals surface area contributed by atoms with E-state index in [2.05, 4.69) is 15.5 Å². The predicted octanol–water partition coefficient (Wildman–Crippen LogP) is 2.12. The van der Waals surface area contributed by atoms with Gasteiger partial charge in [-0.1, -0.05) is 0 Å². The largest absolute Gasteiger partial charge is 0.496 e. The highest BCUT2D eigenvalue weighted by Crippen LogP contribution is 2.32. The molecule has 0 aliphatic rings. The monoisotopic (exact) mass is 274 g/mol. The van der Waals surface area contributed by atoms with Crippen molar-refractivity contribution in [3.05, 3.63) is 36.2 Å². The van der Waals surface area contributed by atoms with Crippen LogP contribution in [0.4, 0.5) is 5.69 Å². The molecule has 0 saturated carbocycles. The molecule has 3 N–H and O–H groups in total. The fourth-order valence-electron chi connectivity index (χ4n) is 1.77. The van der Waals surface area contributed by atoms with Crippen molar-refractivity contribution in [3.8, 4) is 16.9 Å². The number of hydrogen-bond donors (Lipinski definition) is 2. The summed E-state index contributed by atoms with van der Waals surface area (Å²) in [6.07, 6.45) is 1.70. The number of nitrogens with zero attached hydrogens (tertiary/aromatic N) is 2. The fraction of sp³-hybridized carbons (Fsp3) is 0.154. The average Bonchev–Trinajstić information content (AvgIpc) is 2.37. The van der Waals surface area contributed by atoms with Crippen molar-refractivity contribution in [2.45, 2.75) is 6.92 Å². The van der Waals surface area contributed by atoms with Crippen LogP contribution < -0.4 is 15.8 Å². The van der Waals surface area contributed by atoms with Crippen molar-refractivity contribution in [2.24, 2.45) is 5.73 Å². The third-order valence-electron chi connectivity index (χ3n) is 2.56. The van der Waals surface area contributed by atoms with E-state index in [1.54, 1.807) is 13.3 Å². The molecule has 2 rings (SSSR count). The van der Waals surface area contributed by atoms with Gasteiger partial charge in [-0.2, -0.15) is 10.2 Å². The number of nitrogens with two attached hydrogens (primary N) is 1. The Morgan fingerprint density at radius 3 is 2.79 bits per heavy atom. The van der Waals surface area contributed by atoms with Crippen LogP contribution in [-0.2, 0) is 0 Å². The minimum atomic E-state index is 0.219. The molecule has 19 heavy (non-hydrogen) atoms. The van der Waals surface area contributed by atoms with E-state index in [1.807, 2.05) is 31.2 Å². The van der Waals surface area contributed by atoms with Crippen molar-refractivity contribution in [3.63, 3.8) is 0 Å². The third-order valence-corrected chi connectivity index (χ3v) is 2.66. The summed E-state index contributed by atoms with van der Waals surface area (Å²) in [6, 6.07) is 7.60. The molecule has 0 fully saturated rings. The highest BCUT2D eigenvalue weighted by molar-refractivity contribution is 7.80. The molecule has 0 aliphatic heterocycles. The second-order valence-electron chi connectivity index (χ2n) is 3.99. The highest BCUT2D eigenvalue weighted by atomic mass is 32.1. The summed E-state index contributed by atoms with van der Waals surface area (Å²) in [6.45, 7) is 1.89. The Balaban J connectivity index is 2.43. The molecular weight excluding hydrogens is 260 g/mol. The Labute approximate surface area is 116 Å². The number of anilines is 1. The predicted molar refractivity (Wildman–Crippen MR) is 79.2 cm³/mol. The molecule has 1 aromatic carbocycles. The Morgan fingerprint density at radius 1 is 1.37 bits per heavy atom. The minimum Gasteiger partial charge on any atom is -0.496 e. The van der Waals surface area contributed by atoms with E-state index in [0.29, 0.717) is 5.75 Å². The van der Waals surface area contributed by atoms with E-state index < -0.39 is 0 Å². The van der Waals surface area contributed by atoms with Crippen LogP contribution in [-0.4, -0.2) is 22.4 Å². The molecule has 0 bridgehead atoms. The average molecular weight is 274 g/mol. The van der Waals surface area contributed by atoms with Gasteiger partial charge in [0.05, 0.1) is 19.0 Å². The quantitative estimate of drug-likeness (QED) is 0.835. The first-order chi connectivity index (χ1) is 9.10. The number of thiocarbonyl (C=S) groups is 1. The van der Waals surface area contributed by atoms with Gasteiger partial charge in [0.1, 0.15) is 5.75 Å². The van der Waals surface area contributed by atoms with Crippen LogP contribution >= 0.6 is 12.2 Å². The summed E-state index contributed by atoms with van der Waals surface area (Å²) in [4.78, 5) is 0. The van der Waals surface area contributed by atoms with Crippen LogP contribution in [0.25, 0.3) is 11.1 Å². The molecular formula is C13H14N4OS. The lowest BCUT2D eigenvalue weighted by molar-refractivity contribution is 0.416. The zero-order valence-corrected chi connectivity index (χ0v) is 11.5. The molecule has 5 nitrogen and oxygen atoms in total. The van der Waals surface area contributed by atoms with Crippen LogP contribution in [0, 0.1) is 6.92 Å². The van der Waals surface area contributed by atoms with E-state index in [9.17, 15) is 0 Å². The summed E-state index contributed by atoms with van der Waals surface area (Å²) in [5.41, 5.74) is 8.97. The van der Waals surface area contributed by atoms with E-state index in [4.69, 9.17) is 22.7 Å². The molecule has 0 unspecified atom stereocenters. The first-order valence-electron chi connectivity index (χ1n) is 5.64. The van der Waals surface area contributed by atoms with Gasteiger partial charge < -0.3 is 15.8 Å². The van der Waals surface area contributed by atoms with Crippen LogP contribution in [0.15, 0.2) is 30.5 Å². The van der Waals surface area contributed by atoms with E-state index in [-0.39, 0.29) is 5.11 Å². The first kappa shape index (κ1) is 13.2. The Morgan fingerprint density at radius 2 is 2.16 bits per heavy atom. The molecule has 0 atom stereocenters. The number of aromatic nitrogens is 2. The lowest BCUT2D eigenvalue weighted by Gasteiger charge is -2.11. The van der Waals surface area contributed by atoms with Gasteiger partial charge in [0.2, 0.25) is 0 Å².